The Kier molecular flexibility index (Phi) is 14.1. The molecule has 0 saturated heterocycles. The standard InChI is InChI=1S/C39H46N6O11/c1-21-35(51)43-29(39(55)56)17-24-11-14-31(48)26(16-24)27-18-25(12-15-32(27)49)34(38(54)41-21)45(4)33(50)19-40-36(52)28(13-10-23-8-6-5-7-9-23)42-37(53)30(20-46)44(3)22(2)47/h5-9,11-12,14-16,18,21,28-30,34,46,48-49H,10,13,17,19-20H2,1-4H3,(H,40,52)(H,41,54)(H,42,53)(H,43,51)(H,55,56)/t21-,28+,29-,30+,34-/m0/s1. The molecular weight excluding hydrogens is 728 g/mol. The second-order valence-corrected chi connectivity index (χ2v) is 13.5. The third-order valence-electron chi connectivity index (χ3n) is 9.57. The largest absolute Gasteiger partial charge is 0.507 e. The highest BCUT2D eigenvalue weighted by Crippen LogP contribution is 2.38. The number of nitrogens with one attached hydrogen (secondary N) is 4. The van der Waals surface area contributed by atoms with E-state index in [0.29, 0.717) is 12.0 Å². The molecule has 4 bridgehead atoms. The normalized spacial score (nSPS) is 17.8. The molecule has 0 unspecified atom stereocenters. The minimum absolute atomic E-state index is 0.0587. The quantitative estimate of drug-likeness (QED) is 0.121. The van der Waals surface area contributed by atoms with Gasteiger partial charge in [-0.3, -0.25) is 28.8 Å². The smallest absolute Gasteiger partial charge is 0.326 e. The molecule has 0 fully saturated rings. The molecule has 298 valence electrons. The summed E-state index contributed by atoms with van der Waals surface area (Å²) in [5.74, 6) is -6.48. The molecular formula is C39H46N6O11. The van der Waals surface area contributed by atoms with Crippen molar-refractivity contribution in [1.82, 2.24) is 31.1 Å². The van der Waals surface area contributed by atoms with Crippen LogP contribution < -0.4 is 21.3 Å². The molecule has 3 aromatic rings. The van der Waals surface area contributed by atoms with Crippen LogP contribution >= 0.6 is 0 Å². The van der Waals surface area contributed by atoms with Gasteiger partial charge in [-0.1, -0.05) is 42.5 Å². The lowest BCUT2D eigenvalue weighted by atomic mass is 9.94. The second kappa shape index (κ2) is 18.7. The lowest BCUT2D eigenvalue weighted by molar-refractivity contribution is -0.143. The number of carbonyl (C=O) groups excluding carboxylic acids is 6. The minimum Gasteiger partial charge on any atom is -0.507 e. The van der Waals surface area contributed by atoms with Crippen LogP contribution in [0.15, 0.2) is 66.7 Å². The predicted molar refractivity (Wildman–Crippen MR) is 201 cm³/mol. The molecule has 1 heterocycles. The number of aliphatic hydroxyl groups excluding tert-OH is 1. The third kappa shape index (κ3) is 10.4. The molecule has 1 aliphatic rings. The van der Waals surface area contributed by atoms with Crippen LogP contribution in [0, 0.1) is 0 Å². The Morgan fingerprint density at radius 1 is 0.875 bits per heavy atom. The Labute approximate surface area is 322 Å². The van der Waals surface area contributed by atoms with Crippen molar-refractivity contribution in [3.8, 4) is 22.6 Å². The minimum atomic E-state index is -1.49. The van der Waals surface area contributed by atoms with Gasteiger partial charge in [0.15, 0.2) is 0 Å². The fraction of sp³-hybridized carbons (Fsp3) is 0.359. The van der Waals surface area contributed by atoms with Crippen molar-refractivity contribution in [2.45, 2.75) is 63.3 Å². The van der Waals surface area contributed by atoms with Gasteiger partial charge in [-0.15, -0.1) is 0 Å². The van der Waals surface area contributed by atoms with Crippen LogP contribution in [0.1, 0.15) is 43.0 Å². The SMILES string of the molecule is CC(=O)N(C)[C@H](CO)C(=O)N[C@H](CCc1ccccc1)C(=O)NCC(=O)N(C)[C@@H]1C(=O)N[C@@H](C)C(=O)N[C@H](C(=O)O)Cc2ccc(O)c(c2)-c2cc1ccc2O. The summed E-state index contributed by atoms with van der Waals surface area (Å²) in [6.07, 6.45) is 0.225. The third-order valence-corrected chi connectivity index (χ3v) is 9.57. The van der Waals surface area contributed by atoms with Gasteiger partial charge in [-0.2, -0.15) is 0 Å². The van der Waals surface area contributed by atoms with E-state index in [-0.39, 0.29) is 41.0 Å². The zero-order valence-corrected chi connectivity index (χ0v) is 31.3. The topological polar surface area (TPSA) is 255 Å². The number of carbonyl (C=O) groups is 7. The number of rotatable bonds is 12. The molecule has 0 aromatic heterocycles. The first-order valence-electron chi connectivity index (χ1n) is 17.7. The van der Waals surface area contributed by atoms with Crippen molar-refractivity contribution in [3.05, 3.63) is 83.4 Å². The zero-order chi connectivity index (χ0) is 41.3. The van der Waals surface area contributed by atoms with Crippen LogP contribution in [0.4, 0.5) is 0 Å². The Morgan fingerprint density at radius 3 is 2.14 bits per heavy atom. The number of phenolic OH excluding ortho intramolecular Hbond substituents is 2. The summed E-state index contributed by atoms with van der Waals surface area (Å²) in [5.41, 5.74) is 1.55. The number of aliphatic carboxylic acids is 1. The van der Waals surface area contributed by atoms with Gasteiger partial charge in [0.05, 0.1) is 13.2 Å². The monoisotopic (exact) mass is 774 g/mol. The predicted octanol–water partition coefficient (Wildman–Crippen LogP) is -0.0325. The molecule has 0 radical (unpaired) electrons. The van der Waals surface area contributed by atoms with Gasteiger partial charge >= 0.3 is 5.97 Å². The number of aryl methyl sites for hydroxylation is 1. The number of hydrogen-bond donors (Lipinski definition) is 8. The molecule has 0 spiro atoms. The van der Waals surface area contributed by atoms with Crippen LogP contribution in [-0.4, -0.2) is 123 Å². The summed E-state index contributed by atoms with van der Waals surface area (Å²) in [5, 5.41) is 51.3. The van der Waals surface area contributed by atoms with E-state index in [0.717, 1.165) is 15.4 Å². The van der Waals surface area contributed by atoms with Crippen molar-refractivity contribution in [2.24, 2.45) is 0 Å². The molecule has 8 N–H and O–H groups in total. The van der Waals surface area contributed by atoms with Crippen molar-refractivity contribution in [3.63, 3.8) is 0 Å². The molecule has 3 aromatic carbocycles. The summed E-state index contributed by atoms with van der Waals surface area (Å²) < 4.78 is 0. The molecule has 6 amide bonds. The van der Waals surface area contributed by atoms with Crippen molar-refractivity contribution in [1.29, 1.82) is 0 Å². The second-order valence-electron chi connectivity index (χ2n) is 13.5. The fourth-order valence-electron chi connectivity index (χ4n) is 6.15. The number of benzene rings is 3. The van der Waals surface area contributed by atoms with E-state index in [1.54, 1.807) is 12.1 Å². The average molecular weight is 775 g/mol. The molecule has 1 aliphatic heterocycles. The highest BCUT2D eigenvalue weighted by molar-refractivity contribution is 5.96. The number of amides is 6. The van der Waals surface area contributed by atoms with E-state index in [2.05, 4.69) is 21.3 Å². The van der Waals surface area contributed by atoms with E-state index in [9.17, 15) is 54.0 Å². The van der Waals surface area contributed by atoms with E-state index in [4.69, 9.17) is 0 Å². The lowest BCUT2D eigenvalue weighted by Crippen LogP contribution is -2.56. The maximum atomic E-state index is 13.9. The molecule has 17 heteroatoms. The molecule has 56 heavy (non-hydrogen) atoms. The van der Waals surface area contributed by atoms with Gasteiger partial charge in [0.1, 0.15) is 41.7 Å². The van der Waals surface area contributed by atoms with Crippen LogP contribution in [0.2, 0.25) is 0 Å². The first-order valence-corrected chi connectivity index (χ1v) is 17.7. The van der Waals surface area contributed by atoms with Gasteiger partial charge in [-0.05, 0) is 60.7 Å². The lowest BCUT2D eigenvalue weighted by Gasteiger charge is -2.30. The fourth-order valence-corrected chi connectivity index (χ4v) is 6.15. The van der Waals surface area contributed by atoms with E-state index < -0.39 is 84.8 Å². The van der Waals surface area contributed by atoms with Crippen molar-refractivity contribution >= 4 is 41.4 Å². The van der Waals surface area contributed by atoms with Gasteiger partial charge in [0.25, 0.3) is 0 Å². The number of fused-ring (bicyclic) bond motifs is 5. The molecule has 4 rings (SSSR count). The van der Waals surface area contributed by atoms with Crippen LogP contribution in [0.5, 0.6) is 11.5 Å². The average Bonchev–Trinajstić information content (AvgIpc) is 3.16. The summed E-state index contributed by atoms with van der Waals surface area (Å²) in [6, 6.07) is 10.6. The molecule has 5 atom stereocenters. The van der Waals surface area contributed by atoms with Crippen molar-refractivity contribution in [2.75, 3.05) is 27.2 Å². The van der Waals surface area contributed by atoms with E-state index in [1.165, 1.54) is 64.3 Å². The summed E-state index contributed by atoms with van der Waals surface area (Å²) in [6.45, 7) is 1.16. The Bertz CT molecular complexity index is 1970. The number of hydrogen-bond acceptors (Lipinski definition) is 10. The van der Waals surface area contributed by atoms with Gasteiger partial charge in [-0.25, -0.2) is 4.79 Å². The van der Waals surface area contributed by atoms with Gasteiger partial charge < -0.3 is 51.5 Å². The summed E-state index contributed by atoms with van der Waals surface area (Å²) in [7, 11) is 2.60. The first kappa shape index (κ1) is 42.3. The molecule has 0 saturated carbocycles. The van der Waals surface area contributed by atoms with Crippen LogP contribution in [0.25, 0.3) is 11.1 Å². The van der Waals surface area contributed by atoms with Gasteiger partial charge in [0.2, 0.25) is 35.4 Å². The zero-order valence-electron chi connectivity index (χ0n) is 31.3. The van der Waals surface area contributed by atoms with E-state index in [1.807, 2.05) is 18.2 Å². The van der Waals surface area contributed by atoms with Gasteiger partial charge in [0, 0.05) is 38.6 Å². The molecule has 17 nitrogen and oxygen atoms in total. The summed E-state index contributed by atoms with van der Waals surface area (Å²) in [4.78, 5) is 93.6. The highest BCUT2D eigenvalue weighted by Gasteiger charge is 2.34. The Hall–Kier alpha value is -6.49. The Balaban J connectivity index is 1.63. The summed E-state index contributed by atoms with van der Waals surface area (Å²) >= 11 is 0. The van der Waals surface area contributed by atoms with Crippen LogP contribution in [-0.2, 0) is 46.4 Å². The maximum absolute atomic E-state index is 13.9. The highest BCUT2D eigenvalue weighted by atomic mass is 16.4. The first-order chi connectivity index (χ1) is 26.5. The Morgan fingerprint density at radius 2 is 1.52 bits per heavy atom. The van der Waals surface area contributed by atoms with E-state index >= 15 is 0 Å². The number of likely N-dealkylation sites (N-methyl/N-ethyl adjacent to an activating group) is 2. The van der Waals surface area contributed by atoms with Crippen LogP contribution in [0.3, 0.4) is 0 Å². The maximum Gasteiger partial charge on any atom is 0.326 e. The van der Waals surface area contributed by atoms with Crippen molar-refractivity contribution < 1.29 is 54.0 Å². The number of carboxylic acids is 1. The number of carboxylic acid groups (broad SMARTS) is 1. The number of nitrogens with zero attached hydrogens (tertiary/aromatic N) is 2. The molecule has 0 aliphatic carbocycles. The number of phenols is 2. The number of aliphatic hydroxyl groups is 1. The number of aromatic hydroxyl groups is 2.